The van der Waals surface area contributed by atoms with Crippen LogP contribution in [-0.4, -0.2) is 24.9 Å². The monoisotopic (exact) mass is 265 g/mol. The summed E-state index contributed by atoms with van der Waals surface area (Å²) >= 11 is 0. The summed E-state index contributed by atoms with van der Waals surface area (Å²) < 4.78 is 22.2. The van der Waals surface area contributed by atoms with Crippen molar-refractivity contribution in [3.8, 4) is 17.6 Å². The van der Waals surface area contributed by atoms with Gasteiger partial charge in [-0.2, -0.15) is 5.26 Å². The van der Waals surface area contributed by atoms with Crippen LogP contribution in [0, 0.1) is 11.3 Å². The van der Waals surface area contributed by atoms with Crippen LogP contribution in [0.5, 0.6) is 11.5 Å². The molecule has 0 aromatic heterocycles. The second kappa shape index (κ2) is 5.38. The van der Waals surface area contributed by atoms with Crippen LogP contribution in [0.4, 0.5) is 0 Å². The molecule has 1 rings (SSSR count). The van der Waals surface area contributed by atoms with Crippen molar-refractivity contribution in [2.45, 2.75) is 0 Å². The molecule has 0 amide bonds. The number of nitriles is 1. The maximum absolute atomic E-state index is 11.1. The Balaban J connectivity index is 2.98. The molecular formula is C12H11NO4S. The lowest BCUT2D eigenvalue weighted by Gasteiger charge is -1.97. The summed E-state index contributed by atoms with van der Waals surface area (Å²) in [7, 11) is -3.52. The summed E-state index contributed by atoms with van der Waals surface area (Å²) in [5.41, 5.74) is 0.562. The summed E-state index contributed by atoms with van der Waals surface area (Å²) in [5.74, 6) is -0.513. The molecule has 1 aromatic carbocycles. The van der Waals surface area contributed by atoms with E-state index in [1.807, 2.05) is 0 Å². The first-order chi connectivity index (χ1) is 8.34. The predicted octanol–water partition coefficient (Wildman–Crippen LogP) is 1.56. The van der Waals surface area contributed by atoms with E-state index in [-0.39, 0.29) is 16.4 Å². The summed E-state index contributed by atoms with van der Waals surface area (Å²) in [4.78, 5) is -0.346. The van der Waals surface area contributed by atoms with E-state index < -0.39 is 9.84 Å². The molecule has 0 heterocycles. The Morgan fingerprint density at radius 1 is 1.33 bits per heavy atom. The Hall–Kier alpha value is -2.26. The Morgan fingerprint density at radius 3 is 2.50 bits per heavy atom. The Morgan fingerprint density at radius 2 is 2.00 bits per heavy atom. The lowest BCUT2D eigenvalue weighted by Crippen LogP contribution is -1.97. The standard InChI is InChI=1S/C12H11NO4S/c1-18(16,17)10(8-13)4-2-3-9-5-6-11(14)12(15)7-9/h2-7,14-15H,1H3. The molecule has 6 heteroatoms. The molecule has 0 unspecified atom stereocenters. The highest BCUT2D eigenvalue weighted by molar-refractivity contribution is 7.94. The smallest absolute Gasteiger partial charge is 0.185 e. The van der Waals surface area contributed by atoms with Gasteiger partial charge in [0.05, 0.1) is 0 Å². The molecule has 0 aliphatic rings. The minimum atomic E-state index is -3.52. The first-order valence-corrected chi connectivity index (χ1v) is 6.74. The van der Waals surface area contributed by atoms with Crippen LogP contribution >= 0.6 is 0 Å². The van der Waals surface area contributed by atoms with E-state index in [1.54, 1.807) is 6.07 Å². The Bertz CT molecular complexity index is 651. The molecular weight excluding hydrogens is 254 g/mol. The van der Waals surface area contributed by atoms with E-state index >= 15 is 0 Å². The fourth-order valence-corrected chi connectivity index (χ4v) is 1.63. The van der Waals surface area contributed by atoms with Gasteiger partial charge in [0.15, 0.2) is 21.3 Å². The molecule has 0 aliphatic carbocycles. The summed E-state index contributed by atoms with van der Waals surface area (Å²) in [6.07, 6.45) is 4.99. The number of hydrogen-bond donors (Lipinski definition) is 2. The zero-order chi connectivity index (χ0) is 13.8. The summed E-state index contributed by atoms with van der Waals surface area (Å²) in [5, 5.41) is 27.0. The zero-order valence-electron chi connectivity index (χ0n) is 9.53. The van der Waals surface area contributed by atoms with Crippen LogP contribution in [-0.2, 0) is 9.84 Å². The Kier molecular flexibility index (Phi) is 4.13. The average Bonchev–Trinajstić information content (AvgIpc) is 2.27. The van der Waals surface area contributed by atoms with E-state index in [4.69, 9.17) is 10.4 Å². The largest absolute Gasteiger partial charge is 0.504 e. The van der Waals surface area contributed by atoms with E-state index in [0.29, 0.717) is 5.56 Å². The number of hydrogen-bond acceptors (Lipinski definition) is 5. The van der Waals surface area contributed by atoms with Crippen LogP contribution in [0.2, 0.25) is 0 Å². The number of phenols is 2. The van der Waals surface area contributed by atoms with Crippen molar-refractivity contribution in [2.24, 2.45) is 0 Å². The van der Waals surface area contributed by atoms with Crippen molar-refractivity contribution in [2.75, 3.05) is 6.26 Å². The highest BCUT2D eigenvalue weighted by Crippen LogP contribution is 2.25. The third-order valence-corrected chi connectivity index (χ3v) is 3.07. The highest BCUT2D eigenvalue weighted by atomic mass is 32.2. The van der Waals surface area contributed by atoms with E-state index in [1.165, 1.54) is 36.4 Å². The van der Waals surface area contributed by atoms with Gasteiger partial charge in [-0.1, -0.05) is 18.2 Å². The highest BCUT2D eigenvalue weighted by Gasteiger charge is 2.08. The molecule has 0 atom stereocenters. The van der Waals surface area contributed by atoms with Gasteiger partial charge < -0.3 is 10.2 Å². The van der Waals surface area contributed by atoms with Gasteiger partial charge in [-0.25, -0.2) is 8.42 Å². The molecule has 5 nitrogen and oxygen atoms in total. The Labute approximate surface area is 105 Å². The molecule has 0 radical (unpaired) electrons. The maximum Gasteiger partial charge on any atom is 0.185 e. The zero-order valence-corrected chi connectivity index (χ0v) is 10.3. The topological polar surface area (TPSA) is 98.4 Å². The maximum atomic E-state index is 11.1. The van der Waals surface area contributed by atoms with Gasteiger partial charge in [-0.3, -0.25) is 0 Å². The molecule has 0 saturated heterocycles. The van der Waals surface area contributed by atoms with Gasteiger partial charge >= 0.3 is 0 Å². The number of benzene rings is 1. The molecule has 94 valence electrons. The number of phenolic OH excluding ortho intramolecular Hbond substituents is 2. The van der Waals surface area contributed by atoms with Crippen molar-refractivity contribution >= 4 is 15.9 Å². The number of nitrogens with zero attached hydrogens (tertiary/aromatic N) is 1. The van der Waals surface area contributed by atoms with E-state index in [2.05, 4.69) is 0 Å². The van der Waals surface area contributed by atoms with Gasteiger partial charge in [-0.15, -0.1) is 0 Å². The lowest BCUT2D eigenvalue weighted by atomic mass is 10.2. The minimum absolute atomic E-state index is 0.239. The van der Waals surface area contributed by atoms with Crippen LogP contribution in [0.25, 0.3) is 6.08 Å². The molecule has 0 spiro atoms. The molecule has 0 saturated carbocycles. The molecule has 2 N–H and O–H groups in total. The minimum Gasteiger partial charge on any atom is -0.504 e. The van der Waals surface area contributed by atoms with E-state index in [0.717, 1.165) is 6.26 Å². The average molecular weight is 265 g/mol. The van der Waals surface area contributed by atoms with Crippen molar-refractivity contribution < 1.29 is 18.6 Å². The fourth-order valence-electron chi connectivity index (χ4n) is 1.13. The fraction of sp³-hybridized carbons (Fsp3) is 0.0833. The first-order valence-electron chi connectivity index (χ1n) is 4.85. The summed E-state index contributed by atoms with van der Waals surface area (Å²) in [6, 6.07) is 5.73. The van der Waals surface area contributed by atoms with Crippen molar-refractivity contribution in [3.63, 3.8) is 0 Å². The normalized spacial score (nSPS) is 12.6. The second-order valence-electron chi connectivity index (χ2n) is 3.52. The van der Waals surface area contributed by atoms with Crippen LogP contribution in [0.15, 0.2) is 35.3 Å². The van der Waals surface area contributed by atoms with Crippen LogP contribution in [0.3, 0.4) is 0 Å². The van der Waals surface area contributed by atoms with Gasteiger partial charge in [0.1, 0.15) is 11.0 Å². The summed E-state index contributed by atoms with van der Waals surface area (Å²) in [6.45, 7) is 0. The van der Waals surface area contributed by atoms with Crippen molar-refractivity contribution in [1.29, 1.82) is 5.26 Å². The quantitative estimate of drug-likeness (QED) is 0.491. The number of sulfone groups is 1. The van der Waals surface area contributed by atoms with Crippen molar-refractivity contribution in [3.05, 3.63) is 40.8 Å². The van der Waals surface area contributed by atoms with Gasteiger partial charge in [-0.05, 0) is 23.8 Å². The predicted molar refractivity (Wildman–Crippen MR) is 67.3 cm³/mol. The number of rotatable bonds is 3. The molecule has 1 aromatic rings. The SMILES string of the molecule is CS(=O)(=O)C(C#N)=CC=Cc1ccc(O)c(O)c1. The van der Waals surface area contributed by atoms with Crippen LogP contribution in [0.1, 0.15) is 5.56 Å². The number of allylic oxidation sites excluding steroid dienone is 3. The van der Waals surface area contributed by atoms with Gasteiger partial charge in [0.25, 0.3) is 0 Å². The second-order valence-corrected chi connectivity index (χ2v) is 5.51. The lowest BCUT2D eigenvalue weighted by molar-refractivity contribution is 0.403. The van der Waals surface area contributed by atoms with Crippen LogP contribution < -0.4 is 0 Å². The van der Waals surface area contributed by atoms with Crippen molar-refractivity contribution in [1.82, 2.24) is 0 Å². The molecule has 18 heavy (non-hydrogen) atoms. The van der Waals surface area contributed by atoms with Gasteiger partial charge in [0, 0.05) is 6.26 Å². The third-order valence-electron chi connectivity index (χ3n) is 2.05. The first kappa shape index (κ1) is 13.8. The van der Waals surface area contributed by atoms with Gasteiger partial charge in [0.2, 0.25) is 0 Å². The third kappa shape index (κ3) is 3.64. The number of aromatic hydroxyl groups is 2. The molecule has 0 fully saturated rings. The molecule has 0 aliphatic heterocycles. The molecule has 0 bridgehead atoms. The van der Waals surface area contributed by atoms with E-state index in [9.17, 15) is 13.5 Å².